The molecule has 0 aliphatic heterocycles. The molecule has 0 aromatic carbocycles. The molecular formula is C10H17NO2. The van der Waals surface area contributed by atoms with Gasteiger partial charge in [-0.2, -0.15) is 0 Å². The lowest BCUT2D eigenvalue weighted by Crippen LogP contribution is -2.35. The summed E-state index contributed by atoms with van der Waals surface area (Å²) in [4.78, 5) is 2.06. The van der Waals surface area contributed by atoms with E-state index in [1.165, 1.54) is 0 Å². The van der Waals surface area contributed by atoms with Gasteiger partial charge in [0.2, 0.25) is 0 Å². The molecular weight excluding hydrogens is 166 g/mol. The van der Waals surface area contributed by atoms with Crippen LogP contribution in [0, 0.1) is 0 Å². The van der Waals surface area contributed by atoms with Crippen molar-refractivity contribution >= 4 is 0 Å². The average Bonchev–Trinajstić information content (AvgIpc) is 2.34. The Hall–Kier alpha value is -0.800. The Kier molecular flexibility index (Phi) is 3.12. The summed E-state index contributed by atoms with van der Waals surface area (Å²) in [6, 6.07) is 1.93. The predicted molar refractivity (Wildman–Crippen MR) is 51.3 cm³/mol. The first-order valence-corrected chi connectivity index (χ1v) is 4.39. The first kappa shape index (κ1) is 10.3. The van der Waals surface area contributed by atoms with Gasteiger partial charge < -0.3 is 9.52 Å². The zero-order valence-corrected chi connectivity index (χ0v) is 8.45. The molecule has 1 aromatic rings. The van der Waals surface area contributed by atoms with Crippen LogP contribution in [0.4, 0.5) is 0 Å². The highest BCUT2D eigenvalue weighted by Crippen LogP contribution is 2.08. The fraction of sp³-hybridized carbons (Fsp3) is 0.600. The molecule has 0 bridgehead atoms. The number of nitrogens with zero attached hydrogens (tertiary/aromatic N) is 1. The van der Waals surface area contributed by atoms with Crippen molar-refractivity contribution in [1.29, 1.82) is 0 Å². The fourth-order valence-corrected chi connectivity index (χ4v) is 1.41. The van der Waals surface area contributed by atoms with Gasteiger partial charge in [-0.3, -0.25) is 4.90 Å². The quantitative estimate of drug-likeness (QED) is 0.768. The number of aliphatic hydroxyl groups is 1. The standard InChI is InChI=1S/C10H17NO2/c1-10(2,12)8-11(3)6-9-4-5-13-7-9/h4-5,7,12H,6,8H2,1-3H3. The van der Waals surface area contributed by atoms with Crippen molar-refractivity contribution in [3.05, 3.63) is 24.2 Å². The van der Waals surface area contributed by atoms with E-state index in [0.717, 1.165) is 12.1 Å². The summed E-state index contributed by atoms with van der Waals surface area (Å²) in [5, 5.41) is 9.55. The van der Waals surface area contributed by atoms with Crippen LogP contribution in [0.3, 0.4) is 0 Å². The molecule has 0 saturated carbocycles. The zero-order chi connectivity index (χ0) is 9.90. The lowest BCUT2D eigenvalue weighted by atomic mass is 10.1. The van der Waals surface area contributed by atoms with E-state index in [4.69, 9.17) is 4.42 Å². The second-order valence-electron chi connectivity index (χ2n) is 4.12. The lowest BCUT2D eigenvalue weighted by Gasteiger charge is -2.24. The monoisotopic (exact) mass is 183 g/mol. The van der Waals surface area contributed by atoms with Crippen LogP contribution < -0.4 is 0 Å². The molecule has 0 radical (unpaired) electrons. The zero-order valence-electron chi connectivity index (χ0n) is 8.45. The van der Waals surface area contributed by atoms with Gasteiger partial charge in [0.25, 0.3) is 0 Å². The molecule has 13 heavy (non-hydrogen) atoms. The third kappa shape index (κ3) is 4.10. The maximum Gasteiger partial charge on any atom is 0.0947 e. The van der Waals surface area contributed by atoms with Gasteiger partial charge in [-0.15, -0.1) is 0 Å². The second kappa shape index (κ2) is 3.94. The Bertz CT molecular complexity index is 236. The summed E-state index contributed by atoms with van der Waals surface area (Å²) < 4.78 is 4.96. The number of rotatable bonds is 4. The Morgan fingerprint density at radius 1 is 1.54 bits per heavy atom. The van der Waals surface area contributed by atoms with E-state index in [1.54, 1.807) is 26.4 Å². The molecule has 1 heterocycles. The van der Waals surface area contributed by atoms with E-state index in [-0.39, 0.29) is 0 Å². The van der Waals surface area contributed by atoms with Crippen molar-refractivity contribution in [1.82, 2.24) is 4.90 Å². The number of likely N-dealkylation sites (N-methyl/N-ethyl adjacent to an activating group) is 1. The van der Waals surface area contributed by atoms with Gasteiger partial charge in [-0.25, -0.2) is 0 Å². The molecule has 0 aliphatic rings. The van der Waals surface area contributed by atoms with Crippen molar-refractivity contribution in [2.24, 2.45) is 0 Å². The molecule has 0 aliphatic carbocycles. The maximum absolute atomic E-state index is 9.55. The van der Waals surface area contributed by atoms with Gasteiger partial charge in [0.05, 0.1) is 18.1 Å². The third-order valence-electron chi connectivity index (χ3n) is 1.69. The van der Waals surface area contributed by atoms with Gasteiger partial charge in [0, 0.05) is 18.7 Å². The normalized spacial score (nSPS) is 12.4. The summed E-state index contributed by atoms with van der Waals surface area (Å²) >= 11 is 0. The van der Waals surface area contributed by atoms with Gasteiger partial charge in [-0.05, 0) is 27.0 Å². The molecule has 0 atom stereocenters. The summed E-state index contributed by atoms with van der Waals surface area (Å²) in [7, 11) is 1.98. The largest absolute Gasteiger partial charge is 0.472 e. The highest BCUT2D eigenvalue weighted by molar-refractivity contribution is 5.04. The van der Waals surface area contributed by atoms with Crippen LogP contribution in [-0.2, 0) is 6.54 Å². The highest BCUT2D eigenvalue weighted by Gasteiger charge is 2.15. The van der Waals surface area contributed by atoms with Crippen LogP contribution in [-0.4, -0.2) is 29.2 Å². The number of hydrogen-bond acceptors (Lipinski definition) is 3. The van der Waals surface area contributed by atoms with Crippen molar-refractivity contribution < 1.29 is 9.52 Å². The Morgan fingerprint density at radius 3 is 2.69 bits per heavy atom. The SMILES string of the molecule is CN(Cc1ccoc1)CC(C)(C)O. The van der Waals surface area contributed by atoms with Gasteiger partial charge in [0.15, 0.2) is 0 Å². The molecule has 74 valence electrons. The fourth-order valence-electron chi connectivity index (χ4n) is 1.41. The van der Waals surface area contributed by atoms with E-state index in [0.29, 0.717) is 6.54 Å². The minimum absolute atomic E-state index is 0.640. The summed E-state index contributed by atoms with van der Waals surface area (Å²) in [6.07, 6.45) is 3.38. The first-order valence-electron chi connectivity index (χ1n) is 4.39. The van der Waals surface area contributed by atoms with Crippen molar-refractivity contribution in [3.63, 3.8) is 0 Å². The molecule has 1 rings (SSSR count). The van der Waals surface area contributed by atoms with Crippen molar-refractivity contribution in [2.45, 2.75) is 26.0 Å². The van der Waals surface area contributed by atoms with E-state index in [2.05, 4.69) is 4.90 Å². The minimum Gasteiger partial charge on any atom is -0.472 e. The Morgan fingerprint density at radius 2 is 2.23 bits per heavy atom. The Labute approximate surface area is 79.0 Å². The summed E-state index contributed by atoms with van der Waals surface area (Å²) in [5.41, 5.74) is 0.491. The minimum atomic E-state index is -0.640. The predicted octanol–water partition coefficient (Wildman–Crippen LogP) is 1.48. The van der Waals surface area contributed by atoms with Crippen LogP contribution in [0.15, 0.2) is 23.0 Å². The average molecular weight is 183 g/mol. The molecule has 1 N–H and O–H groups in total. The van der Waals surface area contributed by atoms with Crippen LogP contribution in [0.5, 0.6) is 0 Å². The topological polar surface area (TPSA) is 36.6 Å². The van der Waals surface area contributed by atoms with Gasteiger partial charge >= 0.3 is 0 Å². The molecule has 3 nitrogen and oxygen atoms in total. The number of hydrogen-bond donors (Lipinski definition) is 1. The second-order valence-corrected chi connectivity index (χ2v) is 4.12. The molecule has 0 amide bonds. The summed E-state index contributed by atoms with van der Waals surface area (Å²) in [5.74, 6) is 0. The van der Waals surface area contributed by atoms with Gasteiger partial charge in [0.1, 0.15) is 0 Å². The van der Waals surface area contributed by atoms with E-state index in [1.807, 2.05) is 13.1 Å². The smallest absolute Gasteiger partial charge is 0.0947 e. The molecule has 0 spiro atoms. The first-order chi connectivity index (χ1) is 5.97. The molecule has 0 unspecified atom stereocenters. The molecule has 0 fully saturated rings. The van der Waals surface area contributed by atoms with Crippen LogP contribution in [0.25, 0.3) is 0 Å². The van der Waals surface area contributed by atoms with E-state index < -0.39 is 5.60 Å². The van der Waals surface area contributed by atoms with Gasteiger partial charge in [-0.1, -0.05) is 0 Å². The van der Waals surface area contributed by atoms with E-state index >= 15 is 0 Å². The molecule has 3 heteroatoms. The maximum atomic E-state index is 9.55. The van der Waals surface area contributed by atoms with E-state index in [9.17, 15) is 5.11 Å². The van der Waals surface area contributed by atoms with Crippen molar-refractivity contribution in [3.8, 4) is 0 Å². The van der Waals surface area contributed by atoms with Crippen LogP contribution in [0.2, 0.25) is 0 Å². The summed E-state index contributed by atoms with van der Waals surface area (Å²) in [6.45, 7) is 5.07. The molecule has 0 saturated heterocycles. The highest BCUT2D eigenvalue weighted by atomic mass is 16.3. The van der Waals surface area contributed by atoms with Crippen LogP contribution in [0.1, 0.15) is 19.4 Å². The number of furan rings is 1. The van der Waals surface area contributed by atoms with Crippen molar-refractivity contribution in [2.75, 3.05) is 13.6 Å². The lowest BCUT2D eigenvalue weighted by molar-refractivity contribution is 0.0424. The Balaban J connectivity index is 2.38. The molecule has 1 aromatic heterocycles. The third-order valence-corrected chi connectivity index (χ3v) is 1.69. The van der Waals surface area contributed by atoms with Crippen LogP contribution >= 0.6 is 0 Å².